The molecule has 1 aromatic carbocycles. The molecule has 1 aromatic heterocycles. The number of fused-ring (bicyclic) bond motifs is 1. The van der Waals surface area contributed by atoms with Crippen molar-refractivity contribution in [2.24, 2.45) is 0 Å². The number of benzene rings is 1. The zero-order valence-electron chi connectivity index (χ0n) is 14.9. The lowest BCUT2D eigenvalue weighted by molar-refractivity contribution is 0.454. The maximum Gasteiger partial charge on any atom is 0.294 e. The minimum absolute atomic E-state index is 0.0511. The van der Waals surface area contributed by atoms with Crippen molar-refractivity contribution in [1.82, 2.24) is 9.55 Å². The molecular weight excluding hydrogens is 357 g/mol. The molecule has 0 fully saturated rings. The molecule has 0 unspecified atom stereocenters. The van der Waals surface area contributed by atoms with Gasteiger partial charge in [-0.2, -0.15) is 0 Å². The quantitative estimate of drug-likeness (QED) is 0.719. The number of aromatic nitrogens is 2. The van der Waals surface area contributed by atoms with E-state index in [1.807, 2.05) is 21.7 Å². The Labute approximate surface area is 158 Å². The van der Waals surface area contributed by atoms with Crippen LogP contribution in [0.1, 0.15) is 50.9 Å². The topological polar surface area (TPSA) is 38.1 Å². The molecule has 2 heterocycles. The average Bonchev–Trinajstić information content (AvgIpc) is 3.01. The van der Waals surface area contributed by atoms with Crippen molar-refractivity contribution < 1.29 is 0 Å². The molecule has 0 spiro atoms. The number of hydrogen-bond donors (Lipinski definition) is 0. The Balaban J connectivity index is 2.17. The molecule has 1 aliphatic heterocycles. The van der Waals surface area contributed by atoms with E-state index in [0.29, 0.717) is 22.4 Å². The predicted octanol–water partition coefficient (Wildman–Crippen LogP) is 5.17. The summed E-state index contributed by atoms with van der Waals surface area (Å²) >= 11 is 12.6. The van der Waals surface area contributed by atoms with Crippen molar-refractivity contribution in [3.63, 3.8) is 0 Å². The van der Waals surface area contributed by atoms with Crippen molar-refractivity contribution in [2.45, 2.75) is 52.5 Å². The van der Waals surface area contributed by atoms with E-state index in [1.54, 1.807) is 6.07 Å². The second kappa shape index (κ2) is 7.38. The molecule has 0 N–H and O–H groups in total. The van der Waals surface area contributed by atoms with Crippen LogP contribution in [0.5, 0.6) is 0 Å². The number of nitrogens with zero attached hydrogens (tertiary/aromatic N) is 3. The first-order chi connectivity index (χ1) is 12.0. The summed E-state index contributed by atoms with van der Waals surface area (Å²) < 4.78 is 1.85. The van der Waals surface area contributed by atoms with Crippen LogP contribution in [0.3, 0.4) is 0 Å². The highest BCUT2D eigenvalue weighted by Crippen LogP contribution is 2.40. The molecule has 0 atom stereocenters. The summed E-state index contributed by atoms with van der Waals surface area (Å²) in [5, 5.41) is 1.19. The first-order valence-electron chi connectivity index (χ1n) is 8.87. The summed E-state index contributed by atoms with van der Waals surface area (Å²) in [5.41, 5.74) is 2.79. The summed E-state index contributed by atoms with van der Waals surface area (Å²) in [6, 6.07) is 3.83. The Kier molecular flexibility index (Phi) is 5.40. The second-order valence-corrected chi connectivity index (χ2v) is 7.23. The fourth-order valence-electron chi connectivity index (χ4n) is 3.51. The van der Waals surface area contributed by atoms with Gasteiger partial charge in [0, 0.05) is 23.8 Å². The lowest BCUT2D eigenvalue weighted by Gasteiger charge is -2.23. The normalized spacial score (nSPS) is 13.6. The minimum Gasteiger partial charge on any atom is -0.320 e. The third kappa shape index (κ3) is 3.30. The van der Waals surface area contributed by atoms with Gasteiger partial charge in [-0.1, -0.05) is 44.0 Å². The first-order valence-corrected chi connectivity index (χ1v) is 9.63. The number of aryl methyl sites for hydroxylation is 1. The summed E-state index contributed by atoms with van der Waals surface area (Å²) in [5.74, 6) is 0.467. The van der Waals surface area contributed by atoms with Crippen LogP contribution in [0.25, 0.3) is 0 Å². The van der Waals surface area contributed by atoms with Gasteiger partial charge in [-0.25, -0.2) is 4.98 Å². The van der Waals surface area contributed by atoms with Crippen molar-refractivity contribution in [3.8, 4) is 0 Å². The molecule has 25 heavy (non-hydrogen) atoms. The fourth-order valence-corrected chi connectivity index (χ4v) is 4.15. The Bertz CT molecular complexity index is 843. The van der Waals surface area contributed by atoms with Crippen molar-refractivity contribution in [3.05, 3.63) is 50.0 Å². The molecule has 3 rings (SSSR count). The molecule has 6 heteroatoms. The van der Waals surface area contributed by atoms with Gasteiger partial charge in [0.2, 0.25) is 0 Å². The molecule has 0 radical (unpaired) electrons. The number of hydrogen-bond acceptors (Lipinski definition) is 3. The minimum atomic E-state index is -0.0511. The average molecular weight is 380 g/mol. The predicted molar refractivity (Wildman–Crippen MR) is 105 cm³/mol. The Hall–Kier alpha value is -1.52. The van der Waals surface area contributed by atoms with Crippen LogP contribution in [-0.4, -0.2) is 16.1 Å². The zero-order chi connectivity index (χ0) is 18.1. The van der Waals surface area contributed by atoms with E-state index in [2.05, 4.69) is 25.8 Å². The van der Waals surface area contributed by atoms with E-state index >= 15 is 0 Å². The standard InChI is InChI=1S/C19H23Cl2N3O/c1-4-14-11-24(15(5-2)6-3)19(25)18(22-14)23-8-7-12-9-13(20)10-16(21)17(12)23/h9-11,15H,4-8H2,1-3H3. The zero-order valence-corrected chi connectivity index (χ0v) is 16.4. The van der Waals surface area contributed by atoms with Crippen LogP contribution in [0, 0.1) is 0 Å². The lowest BCUT2D eigenvalue weighted by Crippen LogP contribution is -2.32. The van der Waals surface area contributed by atoms with Gasteiger partial charge >= 0.3 is 0 Å². The van der Waals surface area contributed by atoms with E-state index in [0.717, 1.165) is 42.6 Å². The number of rotatable bonds is 5. The van der Waals surface area contributed by atoms with Crippen molar-refractivity contribution in [1.29, 1.82) is 0 Å². The van der Waals surface area contributed by atoms with Crippen LogP contribution in [0.4, 0.5) is 11.5 Å². The first kappa shape index (κ1) is 18.3. The van der Waals surface area contributed by atoms with Gasteiger partial charge in [0.15, 0.2) is 5.82 Å². The highest BCUT2D eigenvalue weighted by atomic mass is 35.5. The highest BCUT2D eigenvalue weighted by molar-refractivity contribution is 6.36. The van der Waals surface area contributed by atoms with Crippen molar-refractivity contribution >= 4 is 34.7 Å². The highest BCUT2D eigenvalue weighted by Gasteiger charge is 2.28. The largest absolute Gasteiger partial charge is 0.320 e. The number of anilines is 2. The maximum absolute atomic E-state index is 13.2. The van der Waals surface area contributed by atoms with Gasteiger partial charge in [0.25, 0.3) is 5.56 Å². The molecule has 0 saturated carbocycles. The smallest absolute Gasteiger partial charge is 0.294 e. The van der Waals surface area contributed by atoms with Gasteiger partial charge in [-0.15, -0.1) is 0 Å². The third-order valence-electron chi connectivity index (χ3n) is 4.90. The molecule has 0 aliphatic carbocycles. The Morgan fingerprint density at radius 3 is 2.56 bits per heavy atom. The van der Waals surface area contributed by atoms with Crippen LogP contribution >= 0.6 is 23.2 Å². The molecule has 2 aromatic rings. The van der Waals surface area contributed by atoms with E-state index in [1.165, 1.54) is 0 Å². The summed E-state index contributed by atoms with van der Waals surface area (Å²) in [4.78, 5) is 19.8. The fraction of sp³-hybridized carbons (Fsp3) is 0.474. The van der Waals surface area contributed by atoms with Gasteiger partial charge < -0.3 is 9.47 Å². The van der Waals surface area contributed by atoms with Crippen molar-refractivity contribution in [2.75, 3.05) is 11.4 Å². The van der Waals surface area contributed by atoms with Crippen LogP contribution in [0.2, 0.25) is 10.0 Å². The van der Waals surface area contributed by atoms with Gasteiger partial charge in [0.1, 0.15) is 0 Å². The molecule has 1 aliphatic rings. The van der Waals surface area contributed by atoms with Crippen LogP contribution < -0.4 is 10.5 Å². The summed E-state index contributed by atoms with van der Waals surface area (Å²) in [7, 11) is 0. The lowest BCUT2D eigenvalue weighted by atomic mass is 10.1. The third-order valence-corrected chi connectivity index (χ3v) is 5.41. The Morgan fingerprint density at radius 2 is 1.92 bits per heavy atom. The molecular formula is C19H23Cl2N3O. The van der Waals surface area contributed by atoms with Crippen LogP contribution in [0.15, 0.2) is 23.1 Å². The Morgan fingerprint density at radius 1 is 1.20 bits per heavy atom. The molecule has 0 saturated heterocycles. The van der Waals surface area contributed by atoms with E-state index in [4.69, 9.17) is 23.2 Å². The molecule has 134 valence electrons. The summed E-state index contributed by atoms with van der Waals surface area (Å²) in [6.07, 6.45) is 5.32. The van der Waals surface area contributed by atoms with E-state index in [9.17, 15) is 4.79 Å². The number of halogens is 2. The molecule has 0 amide bonds. The molecule has 0 bridgehead atoms. The van der Waals surface area contributed by atoms with Crippen LogP contribution in [-0.2, 0) is 12.8 Å². The van der Waals surface area contributed by atoms with Gasteiger partial charge in [-0.3, -0.25) is 4.79 Å². The monoisotopic (exact) mass is 379 g/mol. The SMILES string of the molecule is CCc1cn(C(CC)CC)c(=O)c(N2CCc3cc(Cl)cc(Cl)c32)n1. The second-order valence-electron chi connectivity index (χ2n) is 6.39. The maximum atomic E-state index is 13.2. The van der Waals surface area contributed by atoms with Gasteiger partial charge in [-0.05, 0) is 43.4 Å². The van der Waals surface area contributed by atoms with Gasteiger partial charge in [0.05, 0.1) is 16.4 Å². The van der Waals surface area contributed by atoms with E-state index < -0.39 is 0 Å². The van der Waals surface area contributed by atoms with E-state index in [-0.39, 0.29) is 11.6 Å². The molecule has 4 nitrogen and oxygen atoms in total. The summed E-state index contributed by atoms with van der Waals surface area (Å²) in [6.45, 7) is 6.96.